The predicted molar refractivity (Wildman–Crippen MR) is 97.0 cm³/mol. The van der Waals surface area contributed by atoms with Crippen LogP contribution in [0.2, 0.25) is 0 Å². The van der Waals surface area contributed by atoms with Crippen molar-refractivity contribution < 1.29 is 5.11 Å². The molecule has 0 aliphatic carbocycles. The number of hydrogen-bond donors (Lipinski definition) is 1. The first-order valence-corrected chi connectivity index (χ1v) is 8.89. The number of rotatable bonds is 8. The maximum absolute atomic E-state index is 10.1. The Kier molecular flexibility index (Phi) is 6.67. The summed E-state index contributed by atoms with van der Waals surface area (Å²) in [7, 11) is 0. The average Bonchev–Trinajstić information content (AvgIpc) is 2.84. The number of benzene rings is 1. The van der Waals surface area contributed by atoms with Crippen LogP contribution in [-0.4, -0.2) is 40.9 Å². The third-order valence-corrected chi connectivity index (χ3v) is 4.56. The Balaban J connectivity index is 1.83. The maximum Gasteiger partial charge on any atom is 0.0555 e. The van der Waals surface area contributed by atoms with Crippen LogP contribution < -0.4 is 0 Å². The van der Waals surface area contributed by atoms with Gasteiger partial charge in [0.05, 0.1) is 6.10 Å². The fourth-order valence-corrected chi connectivity index (χ4v) is 3.19. The molecule has 0 bridgehead atoms. The van der Waals surface area contributed by atoms with E-state index >= 15 is 0 Å². The van der Waals surface area contributed by atoms with Crippen LogP contribution in [0.1, 0.15) is 44.2 Å². The topological polar surface area (TPSA) is 26.7 Å². The van der Waals surface area contributed by atoms with E-state index in [1.165, 1.54) is 16.8 Å². The van der Waals surface area contributed by atoms with E-state index in [2.05, 4.69) is 61.6 Å². The predicted octanol–water partition coefficient (Wildman–Crippen LogP) is 3.77. The van der Waals surface area contributed by atoms with Crippen LogP contribution in [0.25, 0.3) is 0 Å². The second-order valence-corrected chi connectivity index (χ2v) is 7.20. The lowest BCUT2D eigenvalue weighted by Crippen LogP contribution is -2.38. The zero-order valence-corrected chi connectivity index (χ0v) is 15.0. The zero-order valence-electron chi connectivity index (χ0n) is 15.0. The van der Waals surface area contributed by atoms with Gasteiger partial charge in [-0.2, -0.15) is 0 Å². The molecule has 2 rings (SSSR count). The highest BCUT2D eigenvalue weighted by Crippen LogP contribution is 2.22. The molecule has 1 aliphatic rings. The lowest BCUT2D eigenvalue weighted by Gasteiger charge is -2.31. The quantitative estimate of drug-likeness (QED) is 0.791. The Labute approximate surface area is 141 Å². The van der Waals surface area contributed by atoms with Crippen LogP contribution in [-0.2, 0) is 6.42 Å². The number of aliphatic hydroxyl groups excluding tert-OH is 1. The molecule has 1 fully saturated rings. The fraction of sp³-hybridized carbons (Fsp3) is 0.600. The molecule has 1 saturated heterocycles. The molecule has 1 atom stereocenters. The van der Waals surface area contributed by atoms with Gasteiger partial charge >= 0.3 is 0 Å². The first kappa shape index (κ1) is 18.0. The van der Waals surface area contributed by atoms with Crippen LogP contribution >= 0.6 is 0 Å². The van der Waals surface area contributed by atoms with Crippen LogP contribution in [0.4, 0.5) is 0 Å². The van der Waals surface area contributed by atoms with E-state index in [9.17, 15) is 5.11 Å². The highest BCUT2D eigenvalue weighted by Gasteiger charge is 2.24. The smallest absolute Gasteiger partial charge is 0.0555 e. The number of nitrogens with zero attached hydrogens (tertiary/aromatic N) is 2. The number of aliphatic hydroxyl groups is 1. The molecular formula is C20H32N2O. The molecule has 23 heavy (non-hydrogen) atoms. The van der Waals surface area contributed by atoms with Gasteiger partial charge in [-0.15, -0.1) is 0 Å². The van der Waals surface area contributed by atoms with Crippen molar-refractivity contribution in [1.82, 2.24) is 10.0 Å². The molecule has 1 N–H and O–H groups in total. The standard InChI is InChI=1S/C20H32N2O/c1-16(2)15-20(23)11-13-21-12-9-18(4)22(21)14-10-19-7-5-17(3)6-8-19/h5-8,16,20,23H,4,9-15H2,1-3H3. The molecule has 0 saturated carbocycles. The van der Waals surface area contributed by atoms with Crippen molar-refractivity contribution in [2.24, 2.45) is 5.92 Å². The summed E-state index contributed by atoms with van der Waals surface area (Å²) in [6, 6.07) is 8.78. The fourth-order valence-electron chi connectivity index (χ4n) is 3.19. The molecule has 1 heterocycles. The summed E-state index contributed by atoms with van der Waals surface area (Å²) >= 11 is 0. The van der Waals surface area contributed by atoms with Gasteiger partial charge in [-0.25, -0.2) is 5.01 Å². The van der Waals surface area contributed by atoms with Gasteiger partial charge < -0.3 is 10.1 Å². The minimum atomic E-state index is -0.192. The summed E-state index contributed by atoms with van der Waals surface area (Å²) in [5.41, 5.74) is 3.88. The molecule has 3 heteroatoms. The van der Waals surface area contributed by atoms with Gasteiger partial charge in [-0.05, 0) is 37.7 Å². The van der Waals surface area contributed by atoms with E-state index < -0.39 is 0 Å². The average molecular weight is 316 g/mol. The minimum Gasteiger partial charge on any atom is -0.393 e. The van der Waals surface area contributed by atoms with Crippen molar-refractivity contribution >= 4 is 0 Å². The van der Waals surface area contributed by atoms with Gasteiger partial charge in [0.25, 0.3) is 0 Å². The summed E-state index contributed by atoms with van der Waals surface area (Å²) in [5, 5.41) is 14.8. The van der Waals surface area contributed by atoms with E-state index in [0.717, 1.165) is 45.3 Å². The SMILES string of the molecule is C=C1CCN(CCC(O)CC(C)C)N1CCc1ccc(C)cc1. The largest absolute Gasteiger partial charge is 0.393 e. The van der Waals surface area contributed by atoms with E-state index in [0.29, 0.717) is 5.92 Å². The lowest BCUT2D eigenvalue weighted by molar-refractivity contribution is 0.0299. The highest BCUT2D eigenvalue weighted by atomic mass is 16.3. The van der Waals surface area contributed by atoms with Gasteiger partial charge in [0.15, 0.2) is 0 Å². The Morgan fingerprint density at radius 3 is 2.52 bits per heavy atom. The van der Waals surface area contributed by atoms with E-state index in [1.807, 2.05) is 0 Å². The van der Waals surface area contributed by atoms with E-state index in [1.54, 1.807) is 0 Å². The number of hydrazine groups is 1. The highest BCUT2D eigenvalue weighted by molar-refractivity contribution is 5.21. The molecule has 1 aliphatic heterocycles. The summed E-state index contributed by atoms with van der Waals surface area (Å²) in [6.45, 7) is 13.6. The Bertz CT molecular complexity index is 495. The Hall–Kier alpha value is -1.32. The van der Waals surface area contributed by atoms with Gasteiger partial charge in [-0.1, -0.05) is 50.3 Å². The molecule has 0 amide bonds. The number of aryl methyl sites for hydroxylation is 1. The summed E-state index contributed by atoms with van der Waals surface area (Å²) in [5.74, 6) is 0.552. The first-order valence-electron chi connectivity index (χ1n) is 8.89. The molecule has 128 valence electrons. The monoisotopic (exact) mass is 316 g/mol. The van der Waals surface area contributed by atoms with Crippen molar-refractivity contribution in [3.05, 3.63) is 47.7 Å². The van der Waals surface area contributed by atoms with Crippen molar-refractivity contribution in [3.63, 3.8) is 0 Å². The minimum absolute atomic E-state index is 0.192. The van der Waals surface area contributed by atoms with Gasteiger partial charge in [-0.3, -0.25) is 0 Å². The van der Waals surface area contributed by atoms with Crippen molar-refractivity contribution in [2.45, 2.75) is 52.6 Å². The van der Waals surface area contributed by atoms with Gasteiger partial charge in [0, 0.05) is 31.8 Å². The molecule has 1 aromatic carbocycles. The molecule has 0 radical (unpaired) electrons. The normalized spacial score (nSPS) is 17.3. The van der Waals surface area contributed by atoms with Gasteiger partial charge in [0.1, 0.15) is 0 Å². The second kappa shape index (κ2) is 8.51. The summed E-state index contributed by atoms with van der Waals surface area (Å²) in [4.78, 5) is 0. The molecule has 1 aromatic rings. The number of hydrogen-bond acceptors (Lipinski definition) is 3. The Morgan fingerprint density at radius 2 is 1.87 bits per heavy atom. The summed E-state index contributed by atoms with van der Waals surface area (Å²) < 4.78 is 0. The third kappa shape index (κ3) is 5.67. The van der Waals surface area contributed by atoms with Crippen LogP contribution in [0.5, 0.6) is 0 Å². The van der Waals surface area contributed by atoms with E-state index in [4.69, 9.17) is 0 Å². The van der Waals surface area contributed by atoms with Crippen molar-refractivity contribution in [3.8, 4) is 0 Å². The molecule has 3 nitrogen and oxygen atoms in total. The zero-order chi connectivity index (χ0) is 16.8. The molecule has 0 spiro atoms. The van der Waals surface area contributed by atoms with Gasteiger partial charge in [0.2, 0.25) is 0 Å². The second-order valence-electron chi connectivity index (χ2n) is 7.20. The van der Waals surface area contributed by atoms with Crippen LogP contribution in [0.3, 0.4) is 0 Å². The van der Waals surface area contributed by atoms with E-state index in [-0.39, 0.29) is 6.10 Å². The molecule has 0 aromatic heterocycles. The van der Waals surface area contributed by atoms with Crippen LogP contribution in [0, 0.1) is 12.8 Å². The lowest BCUT2D eigenvalue weighted by atomic mass is 10.0. The van der Waals surface area contributed by atoms with Crippen LogP contribution in [0.15, 0.2) is 36.5 Å². The van der Waals surface area contributed by atoms with Crippen molar-refractivity contribution in [1.29, 1.82) is 0 Å². The van der Waals surface area contributed by atoms with Crippen molar-refractivity contribution in [2.75, 3.05) is 19.6 Å². The summed E-state index contributed by atoms with van der Waals surface area (Å²) in [6.07, 6.45) is 3.60. The Morgan fingerprint density at radius 1 is 1.17 bits per heavy atom. The maximum atomic E-state index is 10.1. The molecular weight excluding hydrogens is 284 g/mol. The molecule has 1 unspecified atom stereocenters. The first-order chi connectivity index (χ1) is 11.0. The third-order valence-electron chi connectivity index (χ3n) is 4.56.